The summed E-state index contributed by atoms with van der Waals surface area (Å²) in [5.41, 5.74) is 6.47. The van der Waals surface area contributed by atoms with Crippen LogP contribution in [0.3, 0.4) is 0 Å². The molecule has 1 atom stereocenters. The molecular formula is C22H31N5O3S. The van der Waals surface area contributed by atoms with Crippen LogP contribution < -0.4 is 10.0 Å². The summed E-state index contributed by atoms with van der Waals surface area (Å²) >= 11 is 0. The molecule has 1 heterocycles. The smallest absolute Gasteiger partial charge is 0.307 e. The van der Waals surface area contributed by atoms with E-state index in [9.17, 15) is 13.2 Å². The second-order valence-electron chi connectivity index (χ2n) is 8.71. The molecule has 0 bridgehead atoms. The number of aromatic nitrogens is 2. The van der Waals surface area contributed by atoms with Gasteiger partial charge in [0.2, 0.25) is 0 Å². The zero-order chi connectivity index (χ0) is 22.3. The first-order valence-corrected chi connectivity index (χ1v) is 12.4. The van der Waals surface area contributed by atoms with E-state index in [4.69, 9.17) is 0 Å². The molecule has 2 N–H and O–H groups in total. The van der Waals surface area contributed by atoms with E-state index in [-0.39, 0.29) is 11.1 Å². The number of hydrogen-bond acceptors (Lipinski definition) is 5. The van der Waals surface area contributed by atoms with Crippen LogP contribution in [0.1, 0.15) is 60.2 Å². The topological polar surface area (TPSA) is 96.3 Å². The number of nitrogens with zero attached hydrogens (tertiary/aromatic N) is 3. The van der Waals surface area contributed by atoms with Crippen molar-refractivity contribution in [3.05, 3.63) is 40.1 Å². The van der Waals surface area contributed by atoms with Gasteiger partial charge in [-0.1, -0.05) is 13.0 Å². The van der Waals surface area contributed by atoms with Gasteiger partial charge in [0.25, 0.3) is 10.0 Å². The summed E-state index contributed by atoms with van der Waals surface area (Å²) in [7, 11) is 1.51. The third kappa shape index (κ3) is 4.08. The number of rotatable bonds is 6. The number of sulfonamides is 1. The van der Waals surface area contributed by atoms with Crippen molar-refractivity contribution in [2.24, 2.45) is 7.05 Å². The maximum Gasteiger partial charge on any atom is 0.333 e. The molecule has 0 radical (unpaired) electrons. The normalized spacial score (nSPS) is 16.3. The van der Waals surface area contributed by atoms with Crippen molar-refractivity contribution in [1.29, 1.82) is 0 Å². The summed E-state index contributed by atoms with van der Waals surface area (Å²) in [6, 6.07) is 3.11. The predicted octanol–water partition coefficient (Wildman–Crippen LogP) is 2.92. The molecule has 0 spiro atoms. The minimum absolute atomic E-state index is 0.0322. The molecule has 2 aliphatic carbocycles. The first kappa shape index (κ1) is 21.8. The molecule has 1 aromatic heterocycles. The number of hydrogen-bond donors (Lipinski definition) is 2. The average Bonchev–Trinajstić information content (AvgIpc) is 3.41. The van der Waals surface area contributed by atoms with Crippen LogP contribution in [-0.4, -0.2) is 43.2 Å². The van der Waals surface area contributed by atoms with Gasteiger partial charge in [-0.15, -0.1) is 0 Å². The van der Waals surface area contributed by atoms with Crippen molar-refractivity contribution in [2.75, 3.05) is 19.4 Å². The zero-order valence-electron chi connectivity index (χ0n) is 18.7. The van der Waals surface area contributed by atoms with Crippen molar-refractivity contribution >= 4 is 21.7 Å². The van der Waals surface area contributed by atoms with Crippen LogP contribution in [0.15, 0.2) is 17.2 Å². The highest BCUT2D eigenvalue weighted by Crippen LogP contribution is 2.38. The van der Waals surface area contributed by atoms with Crippen LogP contribution in [0.4, 0.5) is 10.5 Å². The van der Waals surface area contributed by atoms with E-state index in [1.807, 2.05) is 25.9 Å². The Morgan fingerprint density at radius 2 is 1.74 bits per heavy atom. The summed E-state index contributed by atoms with van der Waals surface area (Å²) in [6.07, 6.45) is 6.79. The number of urea groups is 1. The highest BCUT2D eigenvalue weighted by molar-refractivity contribution is 7.90. The highest BCUT2D eigenvalue weighted by Gasteiger charge is 2.28. The molecule has 4 rings (SSSR count). The van der Waals surface area contributed by atoms with E-state index < -0.39 is 16.1 Å². The van der Waals surface area contributed by atoms with Crippen molar-refractivity contribution in [3.63, 3.8) is 0 Å². The van der Waals surface area contributed by atoms with Crippen LogP contribution in [0, 0.1) is 0 Å². The number of amides is 2. The first-order valence-electron chi connectivity index (χ1n) is 10.9. The van der Waals surface area contributed by atoms with Gasteiger partial charge in [0.1, 0.15) is 0 Å². The molecule has 1 aromatic carbocycles. The fourth-order valence-corrected chi connectivity index (χ4v) is 5.92. The molecule has 2 aromatic rings. The van der Waals surface area contributed by atoms with Crippen molar-refractivity contribution in [2.45, 2.75) is 62.9 Å². The monoisotopic (exact) mass is 445 g/mol. The summed E-state index contributed by atoms with van der Waals surface area (Å²) < 4.78 is 29.5. The molecular weight excluding hydrogens is 414 g/mol. The van der Waals surface area contributed by atoms with Crippen LogP contribution in [0.25, 0.3) is 0 Å². The standard InChI is InChI=1S/C22H31N5O3S/c1-5-18(26(2)3)19-13-20(24-27(19)4)31(29,30)25-22(28)23-21-16-10-6-8-14(16)12-15-9-7-11-17(15)21/h12-13,18H,5-11H2,1-4H3,(H2,23,25,28)/t18-/m1/s1. The lowest BCUT2D eigenvalue weighted by Crippen LogP contribution is -2.35. The molecule has 0 aliphatic heterocycles. The summed E-state index contributed by atoms with van der Waals surface area (Å²) in [6.45, 7) is 2.04. The Hall–Kier alpha value is -2.39. The lowest BCUT2D eigenvalue weighted by Gasteiger charge is -2.22. The largest absolute Gasteiger partial charge is 0.333 e. The summed E-state index contributed by atoms with van der Waals surface area (Å²) in [5.74, 6) is 0. The number of carbonyl (C=O) groups excluding carboxylic acids is 1. The Labute approximate surface area is 184 Å². The van der Waals surface area contributed by atoms with Crippen LogP contribution in [0.2, 0.25) is 0 Å². The second-order valence-corrected chi connectivity index (χ2v) is 10.3. The number of aryl methyl sites for hydroxylation is 3. The minimum Gasteiger partial charge on any atom is -0.307 e. The van der Waals surface area contributed by atoms with Crippen LogP contribution in [-0.2, 0) is 42.8 Å². The lowest BCUT2D eigenvalue weighted by atomic mass is 9.99. The van der Waals surface area contributed by atoms with Crippen molar-refractivity contribution < 1.29 is 13.2 Å². The summed E-state index contributed by atoms with van der Waals surface area (Å²) in [4.78, 5) is 14.8. The van der Waals surface area contributed by atoms with Gasteiger partial charge in [-0.05, 0) is 81.3 Å². The van der Waals surface area contributed by atoms with Gasteiger partial charge in [0.15, 0.2) is 5.03 Å². The molecule has 31 heavy (non-hydrogen) atoms. The van der Waals surface area contributed by atoms with E-state index in [0.717, 1.165) is 67.5 Å². The van der Waals surface area contributed by atoms with Crippen molar-refractivity contribution in [1.82, 2.24) is 19.4 Å². The van der Waals surface area contributed by atoms with Gasteiger partial charge >= 0.3 is 6.03 Å². The SMILES string of the molecule is CC[C@H](c1cc(S(=O)(=O)NC(=O)Nc2c3c(cc4c2CCC4)CCC3)nn1C)N(C)C. The second kappa shape index (κ2) is 8.27. The molecule has 9 heteroatoms. The van der Waals surface area contributed by atoms with E-state index in [1.165, 1.54) is 11.1 Å². The van der Waals surface area contributed by atoms with Crippen LogP contribution in [0.5, 0.6) is 0 Å². The molecule has 2 aliphatic rings. The highest BCUT2D eigenvalue weighted by atomic mass is 32.2. The van der Waals surface area contributed by atoms with Crippen molar-refractivity contribution in [3.8, 4) is 0 Å². The maximum atomic E-state index is 12.9. The average molecular weight is 446 g/mol. The third-order valence-corrected chi connectivity index (χ3v) is 7.66. The van der Waals surface area contributed by atoms with Crippen LogP contribution >= 0.6 is 0 Å². The van der Waals surface area contributed by atoms with E-state index in [2.05, 4.69) is 21.2 Å². The Bertz CT molecular complexity index is 1090. The molecule has 0 saturated carbocycles. The molecule has 0 fully saturated rings. The molecule has 8 nitrogen and oxygen atoms in total. The van der Waals surface area contributed by atoms with E-state index in [0.29, 0.717) is 0 Å². The van der Waals surface area contributed by atoms with Gasteiger partial charge in [-0.25, -0.2) is 9.52 Å². The zero-order valence-corrected chi connectivity index (χ0v) is 19.5. The van der Waals surface area contributed by atoms with E-state index in [1.54, 1.807) is 17.8 Å². The van der Waals surface area contributed by atoms with Gasteiger partial charge < -0.3 is 10.2 Å². The number of benzene rings is 1. The molecule has 168 valence electrons. The van der Waals surface area contributed by atoms with E-state index >= 15 is 0 Å². The van der Waals surface area contributed by atoms with Gasteiger partial charge in [-0.2, -0.15) is 13.5 Å². The molecule has 0 saturated heterocycles. The Balaban J connectivity index is 1.56. The number of carbonyl (C=O) groups is 1. The fraction of sp³-hybridized carbons (Fsp3) is 0.545. The van der Waals surface area contributed by atoms with Gasteiger partial charge in [-0.3, -0.25) is 4.68 Å². The Morgan fingerprint density at radius 1 is 1.13 bits per heavy atom. The summed E-state index contributed by atoms with van der Waals surface area (Å²) in [5, 5.41) is 6.89. The van der Waals surface area contributed by atoms with Gasteiger partial charge in [0, 0.05) is 18.8 Å². The number of nitrogens with one attached hydrogen (secondary N) is 2. The minimum atomic E-state index is -4.09. The number of fused-ring (bicyclic) bond motifs is 2. The predicted molar refractivity (Wildman–Crippen MR) is 120 cm³/mol. The fourth-order valence-electron chi connectivity index (χ4n) is 5.02. The van der Waals surface area contributed by atoms with Gasteiger partial charge in [0.05, 0.1) is 11.7 Å². The maximum absolute atomic E-state index is 12.9. The Kier molecular flexibility index (Phi) is 5.83. The molecule has 2 amide bonds. The first-order chi connectivity index (χ1) is 14.7. The lowest BCUT2D eigenvalue weighted by molar-refractivity contribution is 0.256. The Morgan fingerprint density at radius 3 is 2.29 bits per heavy atom. The number of anilines is 1. The third-order valence-electron chi connectivity index (χ3n) is 6.46. The quantitative estimate of drug-likeness (QED) is 0.713. The molecule has 0 unspecified atom stereocenters.